The molecular formula is C4H6N2O2. The quantitative estimate of drug-likeness (QED) is 0.401. The van der Waals surface area contributed by atoms with Gasteiger partial charge >= 0.3 is 0 Å². The van der Waals surface area contributed by atoms with E-state index in [9.17, 15) is 9.59 Å². The molecule has 0 aliphatic carbocycles. The Kier molecular flexibility index (Phi) is 0.932. The second-order valence-electron chi connectivity index (χ2n) is 1.73. The Morgan fingerprint density at radius 2 is 2.38 bits per heavy atom. The maximum atomic E-state index is 10.1. The van der Waals surface area contributed by atoms with Crippen LogP contribution in [0.4, 0.5) is 0 Å². The van der Waals surface area contributed by atoms with Gasteiger partial charge in [-0.2, -0.15) is 0 Å². The van der Waals surface area contributed by atoms with Gasteiger partial charge in [-0.3, -0.25) is 9.59 Å². The highest BCUT2D eigenvalue weighted by Gasteiger charge is 2.29. The molecule has 0 aromatic rings. The Labute approximate surface area is 46.0 Å². The van der Waals surface area contributed by atoms with E-state index in [4.69, 9.17) is 5.73 Å². The molecule has 1 aliphatic heterocycles. The number of hydrogen-bond donors (Lipinski definition) is 2. The first-order valence-electron chi connectivity index (χ1n) is 2.29. The van der Waals surface area contributed by atoms with Crippen molar-refractivity contribution >= 4 is 11.8 Å². The summed E-state index contributed by atoms with van der Waals surface area (Å²) >= 11 is 0. The van der Waals surface area contributed by atoms with E-state index >= 15 is 0 Å². The van der Waals surface area contributed by atoms with Crippen molar-refractivity contribution in [1.82, 2.24) is 5.32 Å². The van der Waals surface area contributed by atoms with Gasteiger partial charge in [0.15, 0.2) is 0 Å². The smallest absolute Gasteiger partial charge is 0.240 e. The third-order valence-corrected chi connectivity index (χ3v) is 1.07. The number of primary amides is 1. The summed E-state index contributed by atoms with van der Waals surface area (Å²) < 4.78 is 0. The molecule has 4 heteroatoms. The molecule has 0 bridgehead atoms. The third-order valence-electron chi connectivity index (χ3n) is 1.07. The van der Waals surface area contributed by atoms with E-state index in [0.717, 1.165) is 0 Å². The normalized spacial score (nSPS) is 26.0. The van der Waals surface area contributed by atoms with Crippen LogP contribution in [-0.4, -0.2) is 17.9 Å². The molecule has 1 fully saturated rings. The highest BCUT2D eigenvalue weighted by molar-refractivity contribution is 5.96. The summed E-state index contributed by atoms with van der Waals surface area (Å²) in [7, 11) is 0. The van der Waals surface area contributed by atoms with Crippen molar-refractivity contribution in [1.29, 1.82) is 0 Å². The Bertz CT molecular complexity index is 135. The van der Waals surface area contributed by atoms with Gasteiger partial charge in [0.05, 0.1) is 6.42 Å². The highest BCUT2D eigenvalue weighted by atomic mass is 16.2. The van der Waals surface area contributed by atoms with E-state index in [0.29, 0.717) is 0 Å². The van der Waals surface area contributed by atoms with E-state index in [1.165, 1.54) is 0 Å². The molecule has 0 spiro atoms. The van der Waals surface area contributed by atoms with E-state index in [2.05, 4.69) is 5.32 Å². The molecule has 4 nitrogen and oxygen atoms in total. The van der Waals surface area contributed by atoms with Crippen LogP contribution < -0.4 is 11.1 Å². The largest absolute Gasteiger partial charge is 0.368 e. The number of β-lactam (4-membered cyclic amide) rings is 1. The van der Waals surface area contributed by atoms with Crippen molar-refractivity contribution in [2.24, 2.45) is 5.73 Å². The minimum Gasteiger partial charge on any atom is -0.368 e. The highest BCUT2D eigenvalue weighted by Crippen LogP contribution is 2.01. The predicted molar refractivity (Wildman–Crippen MR) is 25.7 cm³/mol. The van der Waals surface area contributed by atoms with Gasteiger partial charge in [0, 0.05) is 0 Å². The second-order valence-corrected chi connectivity index (χ2v) is 1.73. The Morgan fingerprint density at radius 3 is 2.50 bits per heavy atom. The van der Waals surface area contributed by atoms with Gasteiger partial charge in [0.25, 0.3) is 0 Å². The molecule has 0 aromatic carbocycles. The van der Waals surface area contributed by atoms with E-state index < -0.39 is 11.9 Å². The predicted octanol–water partition coefficient (Wildman–Crippen LogP) is -1.64. The monoisotopic (exact) mass is 114 g/mol. The number of carbonyl (C=O) groups is 2. The molecule has 1 aliphatic rings. The minimum absolute atomic E-state index is 0.103. The Balaban J connectivity index is 2.35. The summed E-state index contributed by atoms with van der Waals surface area (Å²) in [5, 5.41) is 2.33. The van der Waals surface area contributed by atoms with Crippen LogP contribution in [0.15, 0.2) is 0 Å². The van der Waals surface area contributed by atoms with Gasteiger partial charge < -0.3 is 11.1 Å². The molecule has 1 unspecified atom stereocenters. The number of nitrogens with two attached hydrogens (primary N) is 1. The van der Waals surface area contributed by atoms with Crippen molar-refractivity contribution in [2.75, 3.05) is 0 Å². The zero-order valence-electron chi connectivity index (χ0n) is 4.18. The first kappa shape index (κ1) is 5.08. The number of carbonyl (C=O) groups excluding carboxylic acids is 2. The fourth-order valence-electron chi connectivity index (χ4n) is 0.530. The van der Waals surface area contributed by atoms with Gasteiger partial charge in [0.2, 0.25) is 11.8 Å². The van der Waals surface area contributed by atoms with E-state index in [1.807, 2.05) is 0 Å². The average molecular weight is 114 g/mol. The van der Waals surface area contributed by atoms with Crippen molar-refractivity contribution in [3.63, 3.8) is 0 Å². The molecule has 1 saturated heterocycles. The van der Waals surface area contributed by atoms with Crippen LogP contribution >= 0.6 is 0 Å². The van der Waals surface area contributed by atoms with Crippen LogP contribution in [-0.2, 0) is 9.59 Å². The zero-order valence-corrected chi connectivity index (χ0v) is 4.18. The van der Waals surface area contributed by atoms with Crippen LogP contribution in [0.25, 0.3) is 0 Å². The molecule has 0 saturated carbocycles. The maximum Gasteiger partial charge on any atom is 0.240 e. The topological polar surface area (TPSA) is 72.2 Å². The lowest BCUT2D eigenvalue weighted by Crippen LogP contribution is -2.55. The first-order chi connectivity index (χ1) is 3.70. The van der Waals surface area contributed by atoms with Gasteiger partial charge in [-0.15, -0.1) is 0 Å². The van der Waals surface area contributed by atoms with Gasteiger partial charge in [0.1, 0.15) is 6.04 Å². The minimum atomic E-state index is -0.454. The average Bonchev–Trinajstić information content (AvgIpc) is 1.57. The van der Waals surface area contributed by atoms with E-state index in [-0.39, 0.29) is 12.3 Å². The number of hydrogen-bond acceptors (Lipinski definition) is 2. The molecule has 8 heavy (non-hydrogen) atoms. The summed E-state index contributed by atoms with van der Waals surface area (Å²) in [5.41, 5.74) is 4.81. The van der Waals surface area contributed by atoms with E-state index in [1.54, 1.807) is 0 Å². The number of rotatable bonds is 1. The lowest BCUT2D eigenvalue weighted by Gasteiger charge is -2.22. The molecule has 44 valence electrons. The summed E-state index contributed by atoms with van der Waals surface area (Å²) in [5.74, 6) is -0.557. The van der Waals surface area contributed by atoms with Gasteiger partial charge in [-0.05, 0) is 0 Å². The number of nitrogens with one attached hydrogen (secondary N) is 1. The molecule has 0 radical (unpaired) electrons. The summed E-state index contributed by atoms with van der Waals surface area (Å²) in [4.78, 5) is 20.2. The second kappa shape index (κ2) is 1.47. The van der Waals surface area contributed by atoms with Gasteiger partial charge in [-0.1, -0.05) is 0 Å². The molecule has 3 N–H and O–H groups in total. The van der Waals surface area contributed by atoms with Crippen LogP contribution in [0.1, 0.15) is 6.42 Å². The first-order valence-corrected chi connectivity index (χ1v) is 2.29. The fraction of sp³-hybridized carbons (Fsp3) is 0.500. The summed E-state index contributed by atoms with van der Waals surface area (Å²) in [6.07, 6.45) is 0.259. The van der Waals surface area contributed by atoms with Crippen LogP contribution in [0, 0.1) is 0 Å². The maximum absolute atomic E-state index is 10.1. The molecular weight excluding hydrogens is 108 g/mol. The standard InChI is InChI=1S/C4H6N2O2/c5-4(8)2-1-3(7)6-2/h2H,1H2,(H2,5,8)(H,6,7). The van der Waals surface area contributed by atoms with Crippen LogP contribution in [0.2, 0.25) is 0 Å². The molecule has 1 rings (SSSR count). The lowest BCUT2D eigenvalue weighted by atomic mass is 10.1. The SMILES string of the molecule is NC(=O)C1CC(=O)N1. The third kappa shape index (κ3) is 0.641. The fourth-order valence-corrected chi connectivity index (χ4v) is 0.530. The Morgan fingerprint density at radius 1 is 1.88 bits per heavy atom. The number of amides is 2. The van der Waals surface area contributed by atoms with Crippen molar-refractivity contribution in [3.8, 4) is 0 Å². The molecule has 0 aromatic heterocycles. The Hall–Kier alpha value is -1.06. The lowest BCUT2D eigenvalue weighted by molar-refractivity contribution is -0.135. The van der Waals surface area contributed by atoms with Crippen molar-refractivity contribution in [2.45, 2.75) is 12.5 Å². The summed E-state index contributed by atoms with van der Waals surface area (Å²) in [6.45, 7) is 0. The van der Waals surface area contributed by atoms with Crippen molar-refractivity contribution < 1.29 is 9.59 Å². The molecule has 2 amide bonds. The van der Waals surface area contributed by atoms with Gasteiger partial charge in [-0.25, -0.2) is 0 Å². The van der Waals surface area contributed by atoms with Crippen molar-refractivity contribution in [3.05, 3.63) is 0 Å². The zero-order chi connectivity index (χ0) is 6.15. The van der Waals surface area contributed by atoms with Crippen LogP contribution in [0.3, 0.4) is 0 Å². The summed E-state index contributed by atoms with van der Waals surface area (Å²) in [6, 6.07) is -0.400. The molecule has 1 atom stereocenters. The molecule has 1 heterocycles. The van der Waals surface area contributed by atoms with Crippen LogP contribution in [0.5, 0.6) is 0 Å².